The number of rotatable bonds is 6. The maximum absolute atomic E-state index is 13.3. The molecular formula is C28H23N3O2S. The van der Waals surface area contributed by atoms with E-state index in [0.717, 1.165) is 45.6 Å². The first kappa shape index (κ1) is 21.8. The molecule has 0 aliphatic rings. The number of benzene rings is 3. The lowest BCUT2D eigenvalue weighted by molar-refractivity contribution is 0.102. The van der Waals surface area contributed by atoms with Gasteiger partial charge in [0.2, 0.25) is 0 Å². The molecule has 1 N–H and O–H groups in total. The summed E-state index contributed by atoms with van der Waals surface area (Å²) in [5, 5.41) is 6.30. The highest BCUT2D eigenvalue weighted by Gasteiger charge is 2.16. The summed E-state index contributed by atoms with van der Waals surface area (Å²) in [5.41, 5.74) is 6.11. The molecule has 0 fully saturated rings. The van der Waals surface area contributed by atoms with Gasteiger partial charge in [-0.3, -0.25) is 10.1 Å². The van der Waals surface area contributed by atoms with E-state index in [2.05, 4.69) is 41.5 Å². The summed E-state index contributed by atoms with van der Waals surface area (Å²) in [7, 11) is 1.63. The molecule has 0 aliphatic heterocycles. The second kappa shape index (κ2) is 9.45. The average Bonchev–Trinajstić information content (AvgIpc) is 3.36. The number of hydrogen-bond acceptors (Lipinski definition) is 5. The van der Waals surface area contributed by atoms with Crippen molar-refractivity contribution in [1.29, 1.82) is 0 Å². The van der Waals surface area contributed by atoms with E-state index in [4.69, 9.17) is 9.72 Å². The fourth-order valence-corrected chi connectivity index (χ4v) is 4.53. The Balaban J connectivity index is 1.46. The first-order chi connectivity index (χ1) is 16.6. The van der Waals surface area contributed by atoms with Gasteiger partial charge in [-0.1, -0.05) is 49.4 Å². The Kier molecular flexibility index (Phi) is 6.06. The van der Waals surface area contributed by atoms with Crippen LogP contribution in [0.1, 0.15) is 22.8 Å². The van der Waals surface area contributed by atoms with Crippen LogP contribution in [0.15, 0.2) is 84.2 Å². The Morgan fingerprint density at radius 3 is 2.35 bits per heavy atom. The van der Waals surface area contributed by atoms with Gasteiger partial charge in [0.1, 0.15) is 5.75 Å². The third kappa shape index (κ3) is 4.40. The standard InChI is InChI=1S/C28H23N3O2S/c1-3-18-8-10-20(11-9-18)26-17-34-28(30-26)31-27(32)23-16-25(19-12-14-21(33-2)15-13-19)29-24-7-5-4-6-22(23)24/h4-17H,3H2,1-2H3,(H,30,31,32). The highest BCUT2D eigenvalue weighted by atomic mass is 32.1. The molecule has 2 heterocycles. The summed E-state index contributed by atoms with van der Waals surface area (Å²) in [5.74, 6) is 0.557. The van der Waals surface area contributed by atoms with Crippen molar-refractivity contribution in [1.82, 2.24) is 9.97 Å². The minimum absolute atomic E-state index is 0.212. The number of pyridine rings is 1. The van der Waals surface area contributed by atoms with Gasteiger partial charge in [-0.2, -0.15) is 0 Å². The Morgan fingerprint density at radius 1 is 0.912 bits per heavy atom. The predicted molar refractivity (Wildman–Crippen MR) is 139 cm³/mol. The lowest BCUT2D eigenvalue weighted by Crippen LogP contribution is -2.13. The van der Waals surface area contributed by atoms with Crippen LogP contribution in [0.4, 0.5) is 5.13 Å². The van der Waals surface area contributed by atoms with Crippen LogP contribution in [0.5, 0.6) is 5.75 Å². The largest absolute Gasteiger partial charge is 0.497 e. The van der Waals surface area contributed by atoms with E-state index >= 15 is 0 Å². The highest BCUT2D eigenvalue weighted by molar-refractivity contribution is 7.14. The number of nitrogens with one attached hydrogen (secondary N) is 1. The zero-order valence-electron chi connectivity index (χ0n) is 18.9. The third-order valence-corrected chi connectivity index (χ3v) is 6.49. The van der Waals surface area contributed by atoms with Crippen molar-refractivity contribution in [3.8, 4) is 28.3 Å². The summed E-state index contributed by atoms with van der Waals surface area (Å²) >= 11 is 1.41. The van der Waals surface area contributed by atoms with Crippen LogP contribution < -0.4 is 10.1 Å². The van der Waals surface area contributed by atoms with Crippen LogP contribution in [0.3, 0.4) is 0 Å². The number of carbonyl (C=O) groups excluding carboxylic acids is 1. The molecule has 168 valence electrons. The maximum Gasteiger partial charge on any atom is 0.258 e. The van der Waals surface area contributed by atoms with Crippen LogP contribution in [0.25, 0.3) is 33.4 Å². The smallest absolute Gasteiger partial charge is 0.258 e. The monoisotopic (exact) mass is 465 g/mol. The highest BCUT2D eigenvalue weighted by Crippen LogP contribution is 2.29. The molecule has 0 spiro atoms. The molecule has 34 heavy (non-hydrogen) atoms. The molecule has 1 amide bonds. The van der Waals surface area contributed by atoms with Gasteiger partial charge in [0, 0.05) is 21.9 Å². The number of anilines is 1. The number of nitrogens with zero attached hydrogens (tertiary/aromatic N) is 2. The van der Waals surface area contributed by atoms with E-state index in [1.165, 1.54) is 16.9 Å². The van der Waals surface area contributed by atoms with E-state index < -0.39 is 0 Å². The van der Waals surface area contributed by atoms with Crippen LogP contribution in [-0.2, 0) is 6.42 Å². The summed E-state index contributed by atoms with van der Waals surface area (Å²) in [6.07, 6.45) is 0.997. The molecule has 0 saturated heterocycles. The van der Waals surface area contributed by atoms with Crippen LogP contribution in [0.2, 0.25) is 0 Å². The number of carbonyl (C=O) groups is 1. The average molecular weight is 466 g/mol. The number of thiazole rings is 1. The molecule has 5 rings (SSSR count). The van der Waals surface area contributed by atoms with Crippen molar-refractivity contribution >= 4 is 33.3 Å². The lowest BCUT2D eigenvalue weighted by atomic mass is 10.0. The molecule has 2 aromatic heterocycles. The van der Waals surface area contributed by atoms with Crippen LogP contribution >= 0.6 is 11.3 Å². The zero-order chi connectivity index (χ0) is 23.5. The predicted octanol–water partition coefficient (Wildman–Crippen LogP) is 6.85. The maximum atomic E-state index is 13.3. The number of aromatic nitrogens is 2. The Labute approximate surface area is 202 Å². The van der Waals surface area contributed by atoms with Crippen molar-refractivity contribution in [2.75, 3.05) is 12.4 Å². The fraction of sp³-hybridized carbons (Fsp3) is 0.107. The molecular weight excluding hydrogens is 442 g/mol. The van der Waals surface area contributed by atoms with Gasteiger partial charge in [0.25, 0.3) is 5.91 Å². The Bertz CT molecular complexity index is 1460. The summed E-state index contributed by atoms with van der Waals surface area (Å²) < 4.78 is 5.26. The molecule has 5 aromatic rings. The van der Waals surface area contributed by atoms with Gasteiger partial charge >= 0.3 is 0 Å². The van der Waals surface area contributed by atoms with Gasteiger partial charge in [0.05, 0.1) is 29.6 Å². The van der Waals surface area contributed by atoms with Gasteiger partial charge in [0.15, 0.2) is 5.13 Å². The number of hydrogen-bond donors (Lipinski definition) is 1. The number of ether oxygens (including phenoxy) is 1. The van der Waals surface area contributed by atoms with Crippen LogP contribution in [-0.4, -0.2) is 23.0 Å². The first-order valence-corrected chi connectivity index (χ1v) is 11.9. The van der Waals surface area contributed by atoms with E-state index in [1.54, 1.807) is 7.11 Å². The zero-order valence-corrected chi connectivity index (χ0v) is 19.7. The number of aryl methyl sites for hydroxylation is 1. The van der Waals surface area contributed by atoms with Crippen LogP contribution in [0, 0.1) is 0 Å². The molecule has 0 saturated carbocycles. The van der Waals surface area contributed by atoms with E-state index in [0.29, 0.717) is 10.7 Å². The second-order valence-electron chi connectivity index (χ2n) is 7.84. The molecule has 3 aromatic carbocycles. The van der Waals surface area contributed by atoms with Crippen molar-refractivity contribution in [3.63, 3.8) is 0 Å². The van der Waals surface area contributed by atoms with Crippen molar-refractivity contribution in [3.05, 3.63) is 95.4 Å². The van der Waals surface area contributed by atoms with Gasteiger partial charge in [-0.15, -0.1) is 11.3 Å². The van der Waals surface area contributed by atoms with Crippen molar-refractivity contribution < 1.29 is 9.53 Å². The summed E-state index contributed by atoms with van der Waals surface area (Å²) in [6, 6.07) is 25.5. The number of methoxy groups -OCH3 is 1. The minimum atomic E-state index is -0.212. The summed E-state index contributed by atoms with van der Waals surface area (Å²) in [6.45, 7) is 2.13. The number of amides is 1. The van der Waals surface area contributed by atoms with E-state index in [9.17, 15) is 4.79 Å². The van der Waals surface area contributed by atoms with Gasteiger partial charge < -0.3 is 4.74 Å². The molecule has 0 unspecified atom stereocenters. The molecule has 0 bridgehead atoms. The second-order valence-corrected chi connectivity index (χ2v) is 8.70. The lowest BCUT2D eigenvalue weighted by Gasteiger charge is -2.10. The normalized spacial score (nSPS) is 10.9. The number of para-hydroxylation sites is 1. The van der Waals surface area contributed by atoms with Crippen molar-refractivity contribution in [2.24, 2.45) is 0 Å². The van der Waals surface area contributed by atoms with Gasteiger partial charge in [-0.25, -0.2) is 9.97 Å². The Morgan fingerprint density at radius 2 is 1.62 bits per heavy atom. The molecule has 5 nitrogen and oxygen atoms in total. The van der Waals surface area contributed by atoms with Gasteiger partial charge in [-0.05, 0) is 48.4 Å². The number of fused-ring (bicyclic) bond motifs is 1. The summed E-state index contributed by atoms with van der Waals surface area (Å²) in [4.78, 5) is 22.8. The molecule has 6 heteroatoms. The minimum Gasteiger partial charge on any atom is -0.497 e. The molecule has 0 aliphatic carbocycles. The molecule has 0 radical (unpaired) electrons. The quantitative estimate of drug-likeness (QED) is 0.298. The molecule has 0 atom stereocenters. The Hall–Kier alpha value is -4.03. The SMILES string of the molecule is CCc1ccc(-c2csc(NC(=O)c3cc(-c4ccc(OC)cc4)nc4ccccc34)n2)cc1. The van der Waals surface area contributed by atoms with E-state index in [1.807, 2.05) is 60.0 Å². The first-order valence-electron chi connectivity index (χ1n) is 11.0. The van der Waals surface area contributed by atoms with Crippen molar-refractivity contribution in [2.45, 2.75) is 13.3 Å². The fourth-order valence-electron chi connectivity index (χ4n) is 3.81. The van der Waals surface area contributed by atoms with E-state index in [-0.39, 0.29) is 5.91 Å². The third-order valence-electron chi connectivity index (χ3n) is 5.73. The topological polar surface area (TPSA) is 64.1 Å².